The molecular formula is C24H27N5OS. The summed E-state index contributed by atoms with van der Waals surface area (Å²) >= 11 is 1.61. The van der Waals surface area contributed by atoms with Gasteiger partial charge in [0, 0.05) is 29.3 Å². The van der Waals surface area contributed by atoms with Crippen LogP contribution in [0.3, 0.4) is 0 Å². The van der Waals surface area contributed by atoms with Crippen molar-refractivity contribution < 1.29 is 4.79 Å². The first-order chi connectivity index (χ1) is 15.0. The molecule has 0 spiro atoms. The molecule has 31 heavy (non-hydrogen) atoms. The monoisotopic (exact) mass is 433 g/mol. The number of aryl methyl sites for hydroxylation is 3. The normalized spacial score (nSPS) is 16.6. The summed E-state index contributed by atoms with van der Waals surface area (Å²) in [6.07, 6.45) is 6.44. The number of aromatic nitrogens is 3. The topological polar surface area (TPSA) is 71.0 Å². The van der Waals surface area contributed by atoms with E-state index in [0.29, 0.717) is 18.2 Å². The maximum Gasteiger partial charge on any atom is 0.247 e. The Morgan fingerprint density at radius 2 is 1.94 bits per heavy atom. The standard InChI is InChI=1S/C24H27N5OS/c1-16-15-21(28-24-26-17(2)18(3)31-24)27-23(25-16)20-11-7-8-14-29(20)22(30)13-12-19-9-5-4-6-10-19/h4-6,9-10,12-13,15,20H,7-8,11,14H2,1-3H3,(H,25,26,27,28)/b13-12+/t20-/m1/s1. The number of benzene rings is 1. The lowest BCUT2D eigenvalue weighted by Crippen LogP contribution is -2.38. The quantitative estimate of drug-likeness (QED) is 0.548. The van der Waals surface area contributed by atoms with E-state index in [2.05, 4.69) is 22.2 Å². The van der Waals surface area contributed by atoms with Gasteiger partial charge in [-0.05, 0) is 51.7 Å². The molecule has 1 N–H and O–H groups in total. The van der Waals surface area contributed by atoms with Crippen LogP contribution in [0.2, 0.25) is 0 Å². The lowest BCUT2D eigenvalue weighted by molar-refractivity contribution is -0.129. The number of hydrogen-bond donors (Lipinski definition) is 1. The van der Waals surface area contributed by atoms with Gasteiger partial charge in [-0.3, -0.25) is 4.79 Å². The van der Waals surface area contributed by atoms with Crippen LogP contribution in [-0.2, 0) is 4.79 Å². The van der Waals surface area contributed by atoms with E-state index in [1.807, 2.05) is 61.2 Å². The highest BCUT2D eigenvalue weighted by Gasteiger charge is 2.29. The van der Waals surface area contributed by atoms with Crippen molar-refractivity contribution in [3.8, 4) is 0 Å². The lowest BCUT2D eigenvalue weighted by atomic mass is 10.0. The third-order valence-electron chi connectivity index (χ3n) is 5.44. The molecule has 3 heterocycles. The molecule has 0 radical (unpaired) electrons. The predicted molar refractivity (Wildman–Crippen MR) is 125 cm³/mol. The molecule has 1 saturated heterocycles. The number of nitrogens with one attached hydrogen (secondary N) is 1. The minimum atomic E-state index is -0.123. The van der Waals surface area contributed by atoms with Crippen LogP contribution in [0.5, 0.6) is 0 Å². The largest absolute Gasteiger partial charge is 0.329 e. The Labute approximate surface area is 187 Å². The fraction of sp³-hybridized carbons (Fsp3) is 0.333. The van der Waals surface area contributed by atoms with Gasteiger partial charge in [0.2, 0.25) is 5.91 Å². The van der Waals surface area contributed by atoms with Gasteiger partial charge in [-0.25, -0.2) is 15.0 Å². The number of likely N-dealkylation sites (tertiary alicyclic amines) is 1. The molecule has 160 valence electrons. The van der Waals surface area contributed by atoms with Crippen molar-refractivity contribution in [3.63, 3.8) is 0 Å². The van der Waals surface area contributed by atoms with Crippen molar-refractivity contribution >= 4 is 34.3 Å². The molecule has 0 unspecified atom stereocenters. The molecule has 6 nitrogen and oxygen atoms in total. The van der Waals surface area contributed by atoms with Crippen molar-refractivity contribution in [2.24, 2.45) is 0 Å². The fourth-order valence-electron chi connectivity index (χ4n) is 3.73. The first kappa shape index (κ1) is 21.2. The van der Waals surface area contributed by atoms with E-state index in [9.17, 15) is 4.79 Å². The number of nitrogens with zero attached hydrogens (tertiary/aromatic N) is 4. The van der Waals surface area contributed by atoms with Crippen LogP contribution in [0.4, 0.5) is 10.9 Å². The highest BCUT2D eigenvalue weighted by molar-refractivity contribution is 7.15. The zero-order valence-electron chi connectivity index (χ0n) is 18.1. The Bertz CT molecular complexity index is 1070. The zero-order chi connectivity index (χ0) is 21.8. The second-order valence-corrected chi connectivity index (χ2v) is 9.03. The average molecular weight is 434 g/mol. The summed E-state index contributed by atoms with van der Waals surface area (Å²) in [5, 5.41) is 4.14. The molecule has 1 aliphatic rings. The first-order valence-electron chi connectivity index (χ1n) is 10.6. The molecule has 1 fully saturated rings. The van der Waals surface area contributed by atoms with Gasteiger partial charge in [-0.15, -0.1) is 11.3 Å². The van der Waals surface area contributed by atoms with E-state index in [1.165, 1.54) is 4.88 Å². The maximum absolute atomic E-state index is 13.0. The highest BCUT2D eigenvalue weighted by atomic mass is 32.1. The third kappa shape index (κ3) is 5.17. The molecule has 1 aliphatic heterocycles. The van der Waals surface area contributed by atoms with E-state index in [-0.39, 0.29) is 11.9 Å². The average Bonchev–Trinajstić information content (AvgIpc) is 3.09. The van der Waals surface area contributed by atoms with E-state index >= 15 is 0 Å². The molecule has 1 aromatic carbocycles. The SMILES string of the molecule is Cc1cc(Nc2nc(C)c(C)s2)nc([C@H]2CCCCN2C(=O)/C=C/c2ccccc2)n1. The highest BCUT2D eigenvalue weighted by Crippen LogP contribution is 2.31. The molecule has 0 saturated carbocycles. The fourth-order valence-corrected chi connectivity index (χ4v) is 4.55. The van der Waals surface area contributed by atoms with E-state index in [1.54, 1.807) is 17.4 Å². The number of carbonyl (C=O) groups is 1. The predicted octanol–water partition coefficient (Wildman–Crippen LogP) is 5.37. The molecule has 3 aromatic rings. The maximum atomic E-state index is 13.0. The third-order valence-corrected chi connectivity index (χ3v) is 6.43. The summed E-state index contributed by atoms with van der Waals surface area (Å²) in [6, 6.07) is 11.7. The van der Waals surface area contributed by atoms with Crippen LogP contribution in [-0.4, -0.2) is 32.3 Å². The van der Waals surface area contributed by atoms with Gasteiger partial charge in [0.05, 0.1) is 11.7 Å². The number of anilines is 2. The van der Waals surface area contributed by atoms with Crippen LogP contribution in [0.1, 0.15) is 53.0 Å². The van der Waals surface area contributed by atoms with Crippen LogP contribution >= 0.6 is 11.3 Å². The summed E-state index contributed by atoms with van der Waals surface area (Å²) in [4.78, 5) is 30.1. The van der Waals surface area contributed by atoms with Gasteiger partial charge >= 0.3 is 0 Å². The Kier molecular flexibility index (Phi) is 6.42. The van der Waals surface area contributed by atoms with Gasteiger partial charge in [-0.1, -0.05) is 30.3 Å². The van der Waals surface area contributed by atoms with Gasteiger partial charge in [0.15, 0.2) is 11.0 Å². The number of rotatable bonds is 5. The minimum Gasteiger partial charge on any atom is -0.329 e. The Morgan fingerprint density at radius 3 is 2.68 bits per heavy atom. The summed E-state index contributed by atoms with van der Waals surface area (Å²) < 4.78 is 0. The molecule has 2 aromatic heterocycles. The van der Waals surface area contributed by atoms with Crippen molar-refractivity contribution in [1.29, 1.82) is 0 Å². The molecular weight excluding hydrogens is 406 g/mol. The van der Waals surface area contributed by atoms with E-state index in [0.717, 1.165) is 41.3 Å². The van der Waals surface area contributed by atoms with Crippen molar-refractivity contribution in [3.05, 3.63) is 70.1 Å². The van der Waals surface area contributed by atoms with Crippen LogP contribution in [0, 0.1) is 20.8 Å². The molecule has 0 bridgehead atoms. The van der Waals surface area contributed by atoms with Crippen LogP contribution < -0.4 is 5.32 Å². The molecule has 4 rings (SSSR count). The van der Waals surface area contributed by atoms with Crippen molar-refractivity contribution in [2.75, 3.05) is 11.9 Å². The number of thiazole rings is 1. The Balaban J connectivity index is 1.56. The molecule has 1 amide bonds. The Morgan fingerprint density at radius 1 is 1.13 bits per heavy atom. The van der Waals surface area contributed by atoms with Gasteiger partial charge in [-0.2, -0.15) is 0 Å². The molecule has 1 atom stereocenters. The lowest BCUT2D eigenvalue weighted by Gasteiger charge is -2.34. The summed E-state index contributed by atoms with van der Waals surface area (Å²) in [7, 11) is 0. The molecule has 0 aliphatic carbocycles. The first-order valence-corrected chi connectivity index (χ1v) is 11.4. The Hall–Kier alpha value is -3.06. The minimum absolute atomic E-state index is 0.000610. The van der Waals surface area contributed by atoms with E-state index < -0.39 is 0 Å². The summed E-state index contributed by atoms with van der Waals surface area (Å²) in [5.41, 5.74) is 2.90. The van der Waals surface area contributed by atoms with Gasteiger partial charge in [0.1, 0.15) is 5.82 Å². The van der Waals surface area contributed by atoms with Gasteiger partial charge < -0.3 is 10.2 Å². The van der Waals surface area contributed by atoms with Crippen LogP contribution in [0.15, 0.2) is 42.5 Å². The summed E-state index contributed by atoms with van der Waals surface area (Å²) in [6.45, 7) is 6.73. The number of amides is 1. The second-order valence-electron chi connectivity index (χ2n) is 7.83. The number of piperidine rings is 1. The van der Waals surface area contributed by atoms with E-state index in [4.69, 9.17) is 4.98 Å². The smallest absolute Gasteiger partial charge is 0.247 e. The second kappa shape index (κ2) is 9.39. The zero-order valence-corrected chi connectivity index (χ0v) is 18.9. The number of hydrogen-bond acceptors (Lipinski definition) is 6. The van der Waals surface area contributed by atoms with Crippen LogP contribution in [0.25, 0.3) is 6.08 Å². The summed E-state index contributed by atoms with van der Waals surface area (Å²) in [5.74, 6) is 1.40. The van der Waals surface area contributed by atoms with Gasteiger partial charge in [0.25, 0.3) is 0 Å². The van der Waals surface area contributed by atoms with Crippen molar-refractivity contribution in [2.45, 2.75) is 46.1 Å². The van der Waals surface area contributed by atoms with Crippen molar-refractivity contribution in [1.82, 2.24) is 19.9 Å². The molecule has 7 heteroatoms. The number of carbonyl (C=O) groups excluding carboxylic acids is 1.